The van der Waals surface area contributed by atoms with Crippen molar-refractivity contribution in [1.82, 2.24) is 64.6 Å². The van der Waals surface area contributed by atoms with Gasteiger partial charge in [-0.3, -0.25) is 14.4 Å². The Bertz CT molecular complexity index is 3150. The van der Waals surface area contributed by atoms with Crippen LogP contribution in [0.2, 0.25) is 5.15 Å². The topological polar surface area (TPSA) is 248 Å². The van der Waals surface area contributed by atoms with Gasteiger partial charge in [0.05, 0.1) is 55.7 Å². The average molecular weight is 1140 g/mol. The first-order valence-corrected chi connectivity index (χ1v) is 26.6. The molecule has 4 aliphatic heterocycles. The van der Waals surface area contributed by atoms with Crippen LogP contribution in [0.3, 0.4) is 0 Å². The molecule has 0 unspecified atom stereocenters. The van der Waals surface area contributed by atoms with Crippen molar-refractivity contribution < 1.29 is 42.9 Å². The molecule has 4 fully saturated rings. The van der Waals surface area contributed by atoms with Gasteiger partial charge in [0.2, 0.25) is 35.4 Å². The van der Waals surface area contributed by atoms with E-state index in [1.807, 2.05) is 84.1 Å². The van der Waals surface area contributed by atoms with E-state index >= 15 is 0 Å². The zero-order valence-corrected chi connectivity index (χ0v) is 46.2. The van der Waals surface area contributed by atoms with Gasteiger partial charge >= 0.3 is 6.09 Å². The minimum Gasteiger partial charge on any atom is -0.495 e. The number of ether oxygens (including phenoxy) is 5. The second kappa shape index (κ2) is 23.4. The second-order valence-electron chi connectivity index (χ2n) is 20.3. The lowest BCUT2D eigenvalue weighted by molar-refractivity contribution is -0.120. The Balaban J connectivity index is 0.000000158. The molecule has 1 aromatic carbocycles. The van der Waals surface area contributed by atoms with Gasteiger partial charge in [0.15, 0.2) is 5.15 Å². The van der Waals surface area contributed by atoms with Gasteiger partial charge in [0, 0.05) is 88.4 Å². The summed E-state index contributed by atoms with van der Waals surface area (Å²) in [7, 11) is 1.65. The minimum absolute atomic E-state index is 0.0464. The highest BCUT2D eigenvalue weighted by molar-refractivity contribution is 9.10. The predicted octanol–water partition coefficient (Wildman–Crippen LogP) is 6.05. The van der Waals surface area contributed by atoms with E-state index in [4.69, 9.17) is 40.3 Å². The molecule has 0 saturated carbocycles. The Morgan fingerprint density at radius 2 is 1.13 bits per heavy atom. The van der Waals surface area contributed by atoms with Gasteiger partial charge in [0.1, 0.15) is 50.8 Å². The van der Waals surface area contributed by atoms with Crippen molar-refractivity contribution in [1.29, 1.82) is 0 Å². The molecule has 4 amide bonds. The summed E-state index contributed by atoms with van der Waals surface area (Å²) in [4.78, 5) is 63.9. The Labute approximate surface area is 457 Å². The predicted molar refractivity (Wildman–Crippen MR) is 287 cm³/mol. The van der Waals surface area contributed by atoms with Crippen molar-refractivity contribution in [3.63, 3.8) is 0 Å². The van der Waals surface area contributed by atoms with Gasteiger partial charge in [-0.2, -0.15) is 20.3 Å². The number of methoxy groups -OCH3 is 1. The van der Waals surface area contributed by atoms with Gasteiger partial charge in [-0.1, -0.05) is 17.7 Å². The summed E-state index contributed by atoms with van der Waals surface area (Å²) in [5.74, 6) is 2.76. The number of carbonyl (C=O) groups excluding carboxylic acids is 4. The fourth-order valence-electron chi connectivity index (χ4n) is 9.29. The van der Waals surface area contributed by atoms with E-state index in [2.05, 4.69) is 62.0 Å². The third-order valence-corrected chi connectivity index (χ3v) is 14.2. The summed E-state index contributed by atoms with van der Waals surface area (Å²) in [6, 6.07) is 11.5. The summed E-state index contributed by atoms with van der Waals surface area (Å²) in [6.45, 7) is 15.8. The van der Waals surface area contributed by atoms with Gasteiger partial charge in [-0.25, -0.2) is 28.3 Å². The Morgan fingerprint density at radius 3 is 1.60 bits per heavy atom. The lowest BCUT2D eigenvalue weighted by atomic mass is 10.0. The summed E-state index contributed by atoms with van der Waals surface area (Å²) >= 11 is 9.26. The third-order valence-electron chi connectivity index (χ3n) is 13.7. The Kier molecular flexibility index (Phi) is 16.5. The van der Waals surface area contributed by atoms with Crippen LogP contribution in [0.4, 0.5) is 10.5 Å². The Hall–Kier alpha value is -7.47. The number of hydrogen-bond donors (Lipinski definition) is 3. The Morgan fingerprint density at radius 1 is 0.662 bits per heavy atom. The number of amides is 4. The molecule has 11 rings (SSSR count). The number of piperazine rings is 1. The number of aromatic nitrogens is 9. The maximum Gasteiger partial charge on any atom is 0.410 e. The summed E-state index contributed by atoms with van der Waals surface area (Å²) in [5.41, 5.74) is 4.31. The van der Waals surface area contributed by atoms with Gasteiger partial charge in [-0.15, -0.1) is 0 Å². The van der Waals surface area contributed by atoms with E-state index in [1.165, 1.54) is 0 Å². The lowest BCUT2D eigenvalue weighted by Gasteiger charge is -2.37. The fraction of sp³-hybridized carbons (Fsp3) is 0.462. The zero-order valence-electron chi connectivity index (χ0n) is 43.8. The normalized spacial score (nSPS) is 19.6. The molecule has 0 radical (unpaired) electrons. The number of fused-ring (bicyclic) bond motifs is 3. The summed E-state index contributed by atoms with van der Waals surface area (Å²) in [6.07, 6.45) is 11.1. The second-order valence-corrected chi connectivity index (χ2v) is 21.5. The van der Waals surface area contributed by atoms with Crippen LogP contribution in [0.25, 0.3) is 27.8 Å². The quantitative estimate of drug-likeness (QED) is 0.126. The van der Waals surface area contributed by atoms with Crippen LogP contribution in [0.5, 0.6) is 23.4 Å². The van der Waals surface area contributed by atoms with E-state index in [9.17, 15) is 19.2 Å². The fourth-order valence-corrected chi connectivity index (χ4v) is 9.81. The maximum absolute atomic E-state index is 12.5. The largest absolute Gasteiger partial charge is 0.495 e. The molecule has 6 atom stereocenters. The molecule has 0 spiro atoms. The summed E-state index contributed by atoms with van der Waals surface area (Å²) < 4.78 is 35.1. The molecule has 10 heterocycles. The molecule has 4 saturated heterocycles. The molecule has 7 aromatic rings. The summed E-state index contributed by atoms with van der Waals surface area (Å²) in [5, 5.41) is 21.5. The van der Waals surface area contributed by atoms with E-state index < -0.39 is 5.60 Å². The van der Waals surface area contributed by atoms with Crippen LogP contribution < -0.4 is 39.8 Å². The molecule has 408 valence electrons. The van der Waals surface area contributed by atoms with Gasteiger partial charge in [-0.05, 0) is 87.8 Å². The number of benzene rings is 1. The van der Waals surface area contributed by atoms with E-state index in [0.29, 0.717) is 104 Å². The molecule has 25 heteroatoms. The van der Waals surface area contributed by atoms with Crippen molar-refractivity contribution in [3.05, 3.63) is 83.3 Å². The smallest absolute Gasteiger partial charge is 0.410 e. The van der Waals surface area contributed by atoms with Gasteiger partial charge in [0.25, 0.3) is 0 Å². The first-order valence-electron chi connectivity index (χ1n) is 25.4. The van der Waals surface area contributed by atoms with Crippen LogP contribution in [-0.4, -0.2) is 149 Å². The molecular formula is C52H62BrClN14O9. The number of rotatable bonds is 12. The van der Waals surface area contributed by atoms with Crippen LogP contribution in [0, 0.1) is 17.8 Å². The van der Waals surface area contributed by atoms with Crippen LogP contribution in [0.1, 0.15) is 60.8 Å². The monoisotopic (exact) mass is 1140 g/mol. The van der Waals surface area contributed by atoms with Gasteiger partial charge < -0.3 is 49.4 Å². The van der Waals surface area contributed by atoms with Crippen LogP contribution in [0.15, 0.2) is 78.2 Å². The molecule has 3 N–H and O–H groups in total. The maximum atomic E-state index is 12.5. The molecule has 0 aliphatic carbocycles. The SMILES string of the molecule is COc1cc(-c2cn3nccc3c(O[C@H](C)[C@H]3CNC(=O)C3)n2)ccc1N1CCN(C(=O)OC(C)(C)C)CC1.C[C@@H](Oc1nc(Br)cn2nccc12)[C@H]1CNC(=O)C1.C[C@@H](Oc1nc(Cl)cn2nccc12)[C@H]1CNC(=O)C1. The van der Waals surface area contributed by atoms with Crippen molar-refractivity contribution in [3.8, 4) is 34.6 Å². The standard InChI is InChI=1S/C28H36N6O5.C12H13BrN4O2.C12H13ClN4O2/c1-18(20-15-25(35)29-16-20)38-26-23-8-9-30-34(23)17-21(31-26)19-6-7-22(24(14-19)37-5)32-10-12-33(13-11-32)27(36)39-28(2,3)4;2*1-7(8-4-11(18)14-5-8)19-12-9-2-3-15-17(9)6-10(13)16-12/h6-9,14,17-18,20H,10-13,15-16H2,1-5H3,(H,29,35);2*2-3,6-8H,4-5H2,1H3,(H,14,18)/t18-,20-;2*7-,8-/m111/s1. The van der Waals surface area contributed by atoms with Crippen molar-refractivity contribution in [2.45, 2.75) is 84.7 Å². The average Bonchev–Trinajstić information content (AvgIpc) is 4.30. The molecular weight excluding hydrogens is 1080 g/mol. The third kappa shape index (κ3) is 13.2. The van der Waals surface area contributed by atoms with Crippen molar-refractivity contribution in [2.75, 3.05) is 57.8 Å². The van der Waals surface area contributed by atoms with Crippen LogP contribution in [-0.2, 0) is 19.1 Å². The number of nitrogens with one attached hydrogen (secondary N) is 3. The number of carbonyl (C=O) groups is 4. The van der Waals surface area contributed by atoms with E-state index in [1.54, 1.807) is 56.5 Å². The number of anilines is 1. The molecule has 0 bridgehead atoms. The first-order chi connectivity index (χ1) is 36.9. The molecule has 77 heavy (non-hydrogen) atoms. The highest BCUT2D eigenvalue weighted by atomic mass is 79.9. The zero-order chi connectivity index (χ0) is 54.5. The number of halogens is 2. The van der Waals surface area contributed by atoms with Crippen molar-refractivity contribution in [2.24, 2.45) is 17.8 Å². The highest BCUT2D eigenvalue weighted by Crippen LogP contribution is 2.35. The van der Waals surface area contributed by atoms with Crippen molar-refractivity contribution >= 4 is 73.6 Å². The molecule has 23 nitrogen and oxygen atoms in total. The number of nitrogens with zero attached hydrogens (tertiary/aromatic N) is 11. The molecule has 6 aromatic heterocycles. The van der Waals surface area contributed by atoms with E-state index in [0.717, 1.165) is 27.8 Å². The lowest BCUT2D eigenvalue weighted by Crippen LogP contribution is -2.50. The number of hydrogen-bond acceptors (Lipinski definition) is 16. The first kappa shape index (κ1) is 54.3. The van der Waals surface area contributed by atoms with E-state index in [-0.39, 0.29) is 59.9 Å². The van der Waals surface area contributed by atoms with Crippen LogP contribution >= 0.6 is 27.5 Å². The minimum atomic E-state index is -0.518. The highest BCUT2D eigenvalue weighted by Gasteiger charge is 2.32. The molecule has 4 aliphatic rings.